The van der Waals surface area contributed by atoms with Crippen molar-refractivity contribution in [2.75, 3.05) is 0 Å². The van der Waals surface area contributed by atoms with E-state index in [9.17, 15) is 9.18 Å². The van der Waals surface area contributed by atoms with Crippen molar-refractivity contribution in [2.24, 2.45) is 11.1 Å². The van der Waals surface area contributed by atoms with Gasteiger partial charge in [-0.05, 0) is 39.9 Å². The summed E-state index contributed by atoms with van der Waals surface area (Å²) in [5.41, 5.74) is 5.05. The van der Waals surface area contributed by atoms with Gasteiger partial charge in [0.1, 0.15) is 0 Å². The third-order valence-electron chi connectivity index (χ3n) is 2.55. The van der Waals surface area contributed by atoms with E-state index in [2.05, 4.69) is 15.9 Å². The number of rotatable bonds is 5. The molecule has 0 radical (unpaired) electrons. The van der Waals surface area contributed by atoms with E-state index in [1.54, 1.807) is 12.1 Å². The number of primary amides is 1. The predicted octanol–water partition coefficient (Wildman–Crippen LogP) is 4.21. The predicted molar refractivity (Wildman–Crippen MR) is 77.9 cm³/mol. The van der Waals surface area contributed by atoms with Crippen LogP contribution in [-0.2, 0) is 4.74 Å². The quantitative estimate of drug-likeness (QED) is 0.811. The first-order valence-electron chi connectivity index (χ1n) is 6.26. The molecule has 4 nitrogen and oxygen atoms in total. The number of nitrogens with two attached hydrogens (primary N) is 1. The summed E-state index contributed by atoms with van der Waals surface area (Å²) in [7, 11) is 0. The summed E-state index contributed by atoms with van der Waals surface area (Å²) in [6.45, 7) is 6.15. The number of hydrogen-bond donors (Lipinski definition) is 1. The molecule has 0 aliphatic rings. The summed E-state index contributed by atoms with van der Waals surface area (Å²) in [6.07, 6.45) is -0.686. The summed E-state index contributed by atoms with van der Waals surface area (Å²) in [4.78, 5) is 10.9. The fourth-order valence-corrected chi connectivity index (χ4v) is 1.89. The summed E-state index contributed by atoms with van der Waals surface area (Å²) >= 11 is 3.07. The Hall–Kier alpha value is -1.30. The van der Waals surface area contributed by atoms with E-state index in [0.29, 0.717) is 6.42 Å². The Morgan fingerprint density at radius 3 is 2.65 bits per heavy atom. The van der Waals surface area contributed by atoms with E-state index in [1.807, 2.05) is 20.8 Å². The molecule has 1 aromatic rings. The number of benzene rings is 1. The third-order valence-corrected chi connectivity index (χ3v) is 3.16. The van der Waals surface area contributed by atoms with Crippen LogP contribution in [0.1, 0.15) is 33.6 Å². The zero-order chi connectivity index (χ0) is 15.3. The lowest BCUT2D eigenvalue weighted by Gasteiger charge is -2.23. The molecule has 0 bridgehead atoms. The molecule has 1 amide bonds. The smallest absolute Gasteiger partial charge is 0.407 e. The van der Waals surface area contributed by atoms with E-state index < -0.39 is 18.2 Å². The molecule has 1 atom stereocenters. The first-order chi connectivity index (χ1) is 9.19. The van der Waals surface area contributed by atoms with Crippen LogP contribution in [0.2, 0.25) is 0 Å². The van der Waals surface area contributed by atoms with Crippen molar-refractivity contribution in [3.05, 3.63) is 28.5 Å². The van der Waals surface area contributed by atoms with Crippen LogP contribution in [-0.4, -0.2) is 12.4 Å². The minimum absolute atomic E-state index is 0.0135. The van der Waals surface area contributed by atoms with Crippen molar-refractivity contribution >= 4 is 22.0 Å². The molecule has 1 aromatic carbocycles. The second-order valence-electron chi connectivity index (χ2n) is 5.64. The molecule has 0 saturated carbocycles. The maximum atomic E-state index is 13.8. The normalized spacial score (nSPS) is 12.8. The van der Waals surface area contributed by atoms with Gasteiger partial charge in [-0.1, -0.05) is 26.8 Å². The lowest BCUT2D eigenvalue weighted by atomic mass is 9.90. The summed E-state index contributed by atoms with van der Waals surface area (Å²) < 4.78 is 24.4. The van der Waals surface area contributed by atoms with Gasteiger partial charge in [0, 0.05) is 6.42 Å². The molecular formula is C14H19BrFNO3. The molecule has 112 valence electrons. The molecule has 0 aromatic heterocycles. The molecule has 0 spiro atoms. The SMILES string of the molecule is CC(C)(C)CCC(OC(N)=O)Oc1cccc(Br)c1F. The Labute approximate surface area is 126 Å². The van der Waals surface area contributed by atoms with Gasteiger partial charge < -0.3 is 15.2 Å². The molecule has 20 heavy (non-hydrogen) atoms. The lowest BCUT2D eigenvalue weighted by Crippen LogP contribution is -2.29. The molecule has 0 aliphatic carbocycles. The van der Waals surface area contributed by atoms with Crippen LogP contribution in [0.4, 0.5) is 9.18 Å². The van der Waals surface area contributed by atoms with Gasteiger partial charge in [0.25, 0.3) is 0 Å². The molecule has 1 rings (SSSR count). The van der Waals surface area contributed by atoms with Crippen molar-refractivity contribution in [3.63, 3.8) is 0 Å². The Balaban J connectivity index is 2.78. The summed E-state index contributed by atoms with van der Waals surface area (Å²) in [5.74, 6) is -0.527. The van der Waals surface area contributed by atoms with E-state index in [-0.39, 0.29) is 15.6 Å². The van der Waals surface area contributed by atoms with Crippen LogP contribution in [0.25, 0.3) is 0 Å². The maximum Gasteiger partial charge on any atom is 0.407 e. The van der Waals surface area contributed by atoms with Crippen LogP contribution in [0, 0.1) is 11.2 Å². The fraction of sp³-hybridized carbons (Fsp3) is 0.500. The molecule has 0 aliphatic heterocycles. The van der Waals surface area contributed by atoms with Gasteiger partial charge in [-0.15, -0.1) is 0 Å². The fourth-order valence-electron chi connectivity index (χ4n) is 1.54. The molecular weight excluding hydrogens is 329 g/mol. The van der Waals surface area contributed by atoms with Crippen molar-refractivity contribution in [1.82, 2.24) is 0 Å². The highest BCUT2D eigenvalue weighted by molar-refractivity contribution is 9.10. The van der Waals surface area contributed by atoms with Gasteiger partial charge in [0.05, 0.1) is 4.47 Å². The number of carbonyl (C=O) groups excluding carboxylic acids is 1. The number of ether oxygens (including phenoxy) is 2. The highest BCUT2D eigenvalue weighted by Gasteiger charge is 2.21. The number of halogens is 2. The Morgan fingerprint density at radius 2 is 2.10 bits per heavy atom. The minimum Gasteiger partial charge on any atom is -0.452 e. The second kappa shape index (κ2) is 6.92. The lowest BCUT2D eigenvalue weighted by molar-refractivity contribution is -0.0414. The molecule has 0 heterocycles. The van der Waals surface area contributed by atoms with Gasteiger partial charge in [0.15, 0.2) is 11.6 Å². The maximum absolute atomic E-state index is 13.8. The Morgan fingerprint density at radius 1 is 1.45 bits per heavy atom. The molecule has 2 N–H and O–H groups in total. The van der Waals surface area contributed by atoms with Gasteiger partial charge in [-0.25, -0.2) is 9.18 Å². The molecule has 0 fully saturated rings. The summed E-state index contributed by atoms with van der Waals surface area (Å²) in [5, 5.41) is 0. The van der Waals surface area contributed by atoms with Crippen molar-refractivity contribution in [3.8, 4) is 5.75 Å². The van der Waals surface area contributed by atoms with Crippen LogP contribution in [0.5, 0.6) is 5.75 Å². The molecule has 0 saturated heterocycles. The van der Waals surface area contributed by atoms with Crippen LogP contribution >= 0.6 is 15.9 Å². The third kappa shape index (κ3) is 5.77. The highest BCUT2D eigenvalue weighted by Crippen LogP contribution is 2.28. The number of amides is 1. The van der Waals surface area contributed by atoms with E-state index in [4.69, 9.17) is 15.2 Å². The zero-order valence-corrected chi connectivity index (χ0v) is 13.4. The van der Waals surface area contributed by atoms with E-state index >= 15 is 0 Å². The molecule has 6 heteroatoms. The van der Waals surface area contributed by atoms with Crippen LogP contribution in [0.15, 0.2) is 22.7 Å². The monoisotopic (exact) mass is 347 g/mol. The summed E-state index contributed by atoms with van der Waals surface area (Å²) in [6, 6.07) is 4.66. The van der Waals surface area contributed by atoms with E-state index in [1.165, 1.54) is 6.07 Å². The van der Waals surface area contributed by atoms with Crippen molar-refractivity contribution < 1.29 is 18.7 Å². The number of hydrogen-bond acceptors (Lipinski definition) is 3. The molecule has 1 unspecified atom stereocenters. The first-order valence-corrected chi connectivity index (χ1v) is 7.05. The van der Waals surface area contributed by atoms with Gasteiger partial charge in [-0.3, -0.25) is 0 Å². The minimum atomic E-state index is -0.945. The van der Waals surface area contributed by atoms with Crippen LogP contribution < -0.4 is 10.5 Å². The van der Waals surface area contributed by atoms with Crippen molar-refractivity contribution in [2.45, 2.75) is 39.9 Å². The average Bonchev–Trinajstić information content (AvgIpc) is 2.30. The number of carbonyl (C=O) groups is 1. The van der Waals surface area contributed by atoms with Gasteiger partial charge >= 0.3 is 6.09 Å². The average molecular weight is 348 g/mol. The Bertz CT molecular complexity index is 474. The Kier molecular flexibility index (Phi) is 5.80. The van der Waals surface area contributed by atoms with Gasteiger partial charge in [-0.2, -0.15) is 0 Å². The van der Waals surface area contributed by atoms with Gasteiger partial charge in [0.2, 0.25) is 6.29 Å². The largest absolute Gasteiger partial charge is 0.452 e. The van der Waals surface area contributed by atoms with E-state index in [0.717, 1.165) is 6.42 Å². The van der Waals surface area contributed by atoms with Crippen LogP contribution in [0.3, 0.4) is 0 Å². The highest BCUT2D eigenvalue weighted by atomic mass is 79.9. The second-order valence-corrected chi connectivity index (χ2v) is 6.49. The topological polar surface area (TPSA) is 61.5 Å². The zero-order valence-electron chi connectivity index (χ0n) is 11.8. The first kappa shape index (κ1) is 16.8. The standard InChI is InChI=1S/C14H19BrFNO3/c1-14(2,3)8-7-11(20-13(17)18)19-10-6-4-5-9(15)12(10)16/h4-6,11H,7-8H2,1-3H3,(H2,17,18). The van der Waals surface area contributed by atoms with Crippen molar-refractivity contribution in [1.29, 1.82) is 0 Å².